The number of hydrogen-bond acceptors (Lipinski definition) is 4. The van der Waals surface area contributed by atoms with Gasteiger partial charge in [-0.15, -0.1) is 0 Å². The summed E-state index contributed by atoms with van der Waals surface area (Å²) in [6.45, 7) is 3.96. The number of carbonyl (C=O) groups excluding carboxylic acids is 2. The van der Waals surface area contributed by atoms with Crippen LogP contribution in [-0.4, -0.2) is 66.0 Å². The Kier molecular flexibility index (Phi) is 4.11. The number of likely N-dealkylation sites (N-methyl/N-ethyl adjacent to an activating group) is 1. The molecule has 0 saturated carbocycles. The third kappa shape index (κ3) is 2.97. The second kappa shape index (κ2) is 6.04. The zero-order valence-corrected chi connectivity index (χ0v) is 13.0. The maximum atomic E-state index is 12.6. The number of aryl methyl sites for hydroxylation is 1. The van der Waals surface area contributed by atoms with Gasteiger partial charge in [0, 0.05) is 50.1 Å². The zero-order chi connectivity index (χ0) is 15.7. The lowest BCUT2D eigenvalue weighted by Gasteiger charge is -2.37. The van der Waals surface area contributed by atoms with Crippen LogP contribution in [0.2, 0.25) is 0 Å². The first kappa shape index (κ1) is 15.0. The first-order valence-corrected chi connectivity index (χ1v) is 7.62. The molecule has 2 amide bonds. The lowest BCUT2D eigenvalue weighted by atomic mass is 9.93. The molecule has 3 heterocycles. The molecule has 2 saturated heterocycles. The zero-order valence-electron chi connectivity index (χ0n) is 13.0. The van der Waals surface area contributed by atoms with Crippen LogP contribution in [0.15, 0.2) is 18.3 Å². The summed E-state index contributed by atoms with van der Waals surface area (Å²) in [7, 11) is 1.79. The van der Waals surface area contributed by atoms with Gasteiger partial charge in [0.2, 0.25) is 5.91 Å². The average Bonchev–Trinajstić information content (AvgIpc) is 2.65. The number of aromatic nitrogens is 1. The number of nitrogens with zero attached hydrogens (tertiary/aromatic N) is 3. The van der Waals surface area contributed by atoms with E-state index >= 15 is 0 Å². The second-order valence-corrected chi connectivity index (χ2v) is 6.11. The fraction of sp³-hybridized carbons (Fsp3) is 0.562. The molecule has 6 nitrogen and oxygen atoms in total. The Hall–Kier alpha value is -1.95. The summed E-state index contributed by atoms with van der Waals surface area (Å²) in [4.78, 5) is 32.1. The number of hydrogen-bond donors (Lipinski definition) is 0. The van der Waals surface area contributed by atoms with E-state index in [1.165, 1.54) is 0 Å². The van der Waals surface area contributed by atoms with Crippen molar-refractivity contribution in [2.75, 3.05) is 33.3 Å². The Labute approximate surface area is 130 Å². The maximum absolute atomic E-state index is 12.6. The highest BCUT2D eigenvalue weighted by molar-refractivity contribution is 5.94. The van der Waals surface area contributed by atoms with Crippen LogP contribution in [0.5, 0.6) is 0 Å². The van der Waals surface area contributed by atoms with Crippen LogP contribution in [0.25, 0.3) is 0 Å². The van der Waals surface area contributed by atoms with E-state index in [4.69, 9.17) is 4.74 Å². The van der Waals surface area contributed by atoms with Crippen molar-refractivity contribution in [1.29, 1.82) is 0 Å². The van der Waals surface area contributed by atoms with Gasteiger partial charge in [-0.05, 0) is 25.5 Å². The van der Waals surface area contributed by atoms with Gasteiger partial charge in [0.05, 0.1) is 6.10 Å². The van der Waals surface area contributed by atoms with E-state index in [2.05, 4.69) is 4.98 Å². The topological polar surface area (TPSA) is 62.7 Å². The largest absolute Gasteiger partial charge is 0.368 e. The highest BCUT2D eigenvalue weighted by Crippen LogP contribution is 2.24. The molecule has 6 heteroatoms. The fourth-order valence-electron chi connectivity index (χ4n) is 3.19. The van der Waals surface area contributed by atoms with Crippen LogP contribution in [0.4, 0.5) is 0 Å². The average molecular weight is 303 g/mol. The molecule has 0 bridgehead atoms. The number of amides is 2. The third-order valence-electron chi connectivity index (χ3n) is 4.45. The van der Waals surface area contributed by atoms with Crippen molar-refractivity contribution in [3.63, 3.8) is 0 Å². The minimum Gasteiger partial charge on any atom is -0.368 e. The van der Waals surface area contributed by atoms with E-state index in [0.29, 0.717) is 25.2 Å². The van der Waals surface area contributed by atoms with Gasteiger partial charge in [-0.25, -0.2) is 0 Å². The highest BCUT2D eigenvalue weighted by atomic mass is 16.5. The number of piperidine rings is 1. The molecule has 2 aliphatic heterocycles. The van der Waals surface area contributed by atoms with Gasteiger partial charge in [0.1, 0.15) is 6.61 Å². The van der Waals surface area contributed by atoms with Crippen LogP contribution in [0.3, 0.4) is 0 Å². The standard InChI is InChI=1S/C16H21N3O3/c1-11-7-12(3-5-17-11)16(21)19-6-4-14-13(9-19)8-18(2)15(20)10-22-14/h3,5,7,13-14H,4,6,8-10H2,1-2H3/t13-,14-/m0/s1. The third-order valence-corrected chi connectivity index (χ3v) is 4.45. The minimum atomic E-state index is 0.0111. The van der Waals surface area contributed by atoms with E-state index in [9.17, 15) is 9.59 Å². The molecule has 0 aromatic carbocycles. The van der Waals surface area contributed by atoms with Crippen LogP contribution in [0.1, 0.15) is 22.5 Å². The van der Waals surface area contributed by atoms with Crippen LogP contribution < -0.4 is 0 Å². The summed E-state index contributed by atoms with van der Waals surface area (Å²) in [5.41, 5.74) is 1.51. The van der Waals surface area contributed by atoms with E-state index < -0.39 is 0 Å². The summed E-state index contributed by atoms with van der Waals surface area (Å²) < 4.78 is 5.70. The predicted molar refractivity (Wildman–Crippen MR) is 80.4 cm³/mol. The van der Waals surface area contributed by atoms with Crippen LogP contribution in [0, 0.1) is 12.8 Å². The summed E-state index contributed by atoms with van der Waals surface area (Å²) in [5.74, 6) is 0.219. The SMILES string of the molecule is Cc1cc(C(=O)N2CC[C@@H]3OCC(=O)N(C)C[C@H]3C2)ccn1. The molecule has 0 radical (unpaired) electrons. The molecule has 0 N–H and O–H groups in total. The van der Waals surface area contributed by atoms with E-state index in [1.807, 2.05) is 17.9 Å². The smallest absolute Gasteiger partial charge is 0.253 e. The number of carbonyl (C=O) groups is 2. The van der Waals surface area contributed by atoms with Gasteiger partial charge in [-0.2, -0.15) is 0 Å². The van der Waals surface area contributed by atoms with Crippen LogP contribution in [-0.2, 0) is 9.53 Å². The fourth-order valence-corrected chi connectivity index (χ4v) is 3.19. The Balaban J connectivity index is 1.72. The predicted octanol–water partition coefficient (Wildman–Crippen LogP) is 0.709. The molecule has 0 spiro atoms. The van der Waals surface area contributed by atoms with E-state index in [-0.39, 0.29) is 30.4 Å². The highest BCUT2D eigenvalue weighted by Gasteiger charge is 2.36. The van der Waals surface area contributed by atoms with Crippen molar-refractivity contribution < 1.29 is 14.3 Å². The lowest BCUT2D eigenvalue weighted by molar-refractivity contribution is -0.133. The van der Waals surface area contributed by atoms with Crippen molar-refractivity contribution in [3.05, 3.63) is 29.6 Å². The van der Waals surface area contributed by atoms with Crippen LogP contribution >= 0.6 is 0 Å². The number of rotatable bonds is 1. The lowest BCUT2D eigenvalue weighted by Crippen LogP contribution is -2.48. The summed E-state index contributed by atoms with van der Waals surface area (Å²) in [6, 6.07) is 3.56. The quantitative estimate of drug-likeness (QED) is 0.766. The molecule has 118 valence electrons. The molecule has 1 aromatic rings. The van der Waals surface area contributed by atoms with Gasteiger partial charge in [-0.1, -0.05) is 0 Å². The molecular weight excluding hydrogens is 282 g/mol. The van der Waals surface area contributed by atoms with Gasteiger partial charge < -0.3 is 14.5 Å². The first-order chi connectivity index (χ1) is 10.5. The van der Waals surface area contributed by atoms with Gasteiger partial charge in [0.15, 0.2) is 0 Å². The van der Waals surface area contributed by atoms with Crippen molar-refractivity contribution in [3.8, 4) is 0 Å². The summed E-state index contributed by atoms with van der Waals surface area (Å²) >= 11 is 0. The Morgan fingerprint density at radius 1 is 1.41 bits per heavy atom. The normalized spacial score (nSPS) is 25.6. The van der Waals surface area contributed by atoms with Gasteiger partial charge >= 0.3 is 0 Å². The number of fused-ring (bicyclic) bond motifs is 1. The molecule has 1 aromatic heterocycles. The first-order valence-electron chi connectivity index (χ1n) is 7.62. The van der Waals surface area contributed by atoms with Crippen molar-refractivity contribution in [2.24, 2.45) is 5.92 Å². The molecular formula is C16H21N3O3. The second-order valence-electron chi connectivity index (χ2n) is 6.11. The molecule has 2 atom stereocenters. The number of ether oxygens (including phenoxy) is 1. The van der Waals surface area contributed by atoms with Crippen molar-refractivity contribution in [2.45, 2.75) is 19.4 Å². The summed E-state index contributed by atoms with van der Waals surface area (Å²) in [6.07, 6.45) is 2.51. The Bertz CT molecular complexity index is 590. The molecule has 0 unspecified atom stereocenters. The molecule has 2 aliphatic rings. The maximum Gasteiger partial charge on any atom is 0.253 e. The molecule has 2 fully saturated rings. The van der Waals surface area contributed by atoms with Gasteiger partial charge in [0.25, 0.3) is 5.91 Å². The van der Waals surface area contributed by atoms with E-state index in [1.54, 1.807) is 24.2 Å². The number of pyridine rings is 1. The summed E-state index contributed by atoms with van der Waals surface area (Å²) in [5, 5.41) is 0. The van der Waals surface area contributed by atoms with Gasteiger partial charge in [-0.3, -0.25) is 14.6 Å². The molecule has 22 heavy (non-hydrogen) atoms. The van der Waals surface area contributed by atoms with Crippen molar-refractivity contribution >= 4 is 11.8 Å². The van der Waals surface area contributed by atoms with Crippen molar-refractivity contribution in [1.82, 2.24) is 14.8 Å². The molecule has 0 aliphatic carbocycles. The number of likely N-dealkylation sites (tertiary alicyclic amines) is 1. The van der Waals surface area contributed by atoms with E-state index in [0.717, 1.165) is 12.1 Å². The Morgan fingerprint density at radius 2 is 2.23 bits per heavy atom. The monoisotopic (exact) mass is 303 g/mol. The molecule has 3 rings (SSSR count). The Morgan fingerprint density at radius 3 is 3.00 bits per heavy atom. The minimum absolute atomic E-state index is 0.0111.